The number of rotatable bonds is 4. The molecule has 0 amide bonds. The lowest BCUT2D eigenvalue weighted by atomic mass is 9.76. The number of ether oxygens (including phenoxy) is 1. The van der Waals surface area contributed by atoms with E-state index in [1.165, 1.54) is 0 Å². The molecule has 0 saturated carbocycles. The van der Waals surface area contributed by atoms with Gasteiger partial charge in [0, 0.05) is 30.3 Å². The minimum Gasteiger partial charge on any atom is -0.489 e. The Morgan fingerprint density at radius 2 is 1.84 bits per heavy atom. The highest BCUT2D eigenvalue weighted by atomic mass is 16.5. The summed E-state index contributed by atoms with van der Waals surface area (Å²) in [5, 5.41) is 19.0. The van der Waals surface area contributed by atoms with Crippen LogP contribution in [0.25, 0.3) is 0 Å². The lowest BCUT2D eigenvalue weighted by Gasteiger charge is -2.37. The molecule has 2 aliphatic rings. The molecule has 6 heteroatoms. The lowest BCUT2D eigenvalue weighted by Crippen LogP contribution is -2.36. The van der Waals surface area contributed by atoms with Crippen LogP contribution in [0.3, 0.4) is 0 Å². The minimum absolute atomic E-state index is 0.0757. The van der Waals surface area contributed by atoms with E-state index in [-0.39, 0.29) is 12.4 Å². The summed E-state index contributed by atoms with van der Waals surface area (Å²) in [4.78, 5) is 14.6. The number of nitrogens with two attached hydrogens (primary N) is 1. The number of ketones is 1. The first kappa shape index (κ1) is 20.3. The largest absolute Gasteiger partial charge is 0.489 e. The van der Waals surface area contributed by atoms with Crippen LogP contribution in [0.4, 0.5) is 0 Å². The van der Waals surface area contributed by atoms with Crippen molar-refractivity contribution in [2.24, 2.45) is 5.73 Å². The summed E-state index contributed by atoms with van der Waals surface area (Å²) < 4.78 is 5.86. The number of hydrogen-bond donors (Lipinski definition) is 1. The van der Waals surface area contributed by atoms with Gasteiger partial charge in [0.05, 0.1) is 29.2 Å². The van der Waals surface area contributed by atoms with Gasteiger partial charge in [-0.25, -0.2) is 0 Å². The summed E-state index contributed by atoms with van der Waals surface area (Å²) in [6, 6.07) is 19.1. The molecular formula is C25H22N4O2. The highest BCUT2D eigenvalue weighted by molar-refractivity contribution is 5.99. The average molecular weight is 410 g/mol. The molecule has 0 aromatic heterocycles. The van der Waals surface area contributed by atoms with E-state index in [2.05, 4.69) is 12.1 Å². The number of carbonyl (C=O) groups excluding carboxylic acids is 1. The molecule has 31 heavy (non-hydrogen) atoms. The van der Waals surface area contributed by atoms with Gasteiger partial charge in [0.25, 0.3) is 0 Å². The predicted octanol–water partition coefficient (Wildman–Crippen LogP) is 3.87. The molecular weight excluding hydrogens is 388 g/mol. The fourth-order valence-corrected chi connectivity index (χ4v) is 4.27. The molecule has 0 saturated heterocycles. The van der Waals surface area contributed by atoms with Crippen molar-refractivity contribution in [3.63, 3.8) is 0 Å². The molecule has 4 rings (SSSR count). The number of allylic oxidation sites excluding steroid dienone is 3. The molecule has 1 atom stereocenters. The van der Waals surface area contributed by atoms with Crippen molar-refractivity contribution in [1.29, 1.82) is 10.5 Å². The van der Waals surface area contributed by atoms with Crippen molar-refractivity contribution in [2.75, 3.05) is 7.05 Å². The number of hydrogen-bond acceptors (Lipinski definition) is 6. The first-order valence-electron chi connectivity index (χ1n) is 10.2. The fourth-order valence-electron chi connectivity index (χ4n) is 4.27. The van der Waals surface area contributed by atoms with Crippen molar-refractivity contribution in [3.05, 3.63) is 87.9 Å². The second kappa shape index (κ2) is 8.38. The monoisotopic (exact) mass is 410 g/mol. The third kappa shape index (κ3) is 3.65. The zero-order valence-electron chi connectivity index (χ0n) is 17.3. The maximum Gasteiger partial charge on any atom is 0.161 e. The highest BCUT2D eigenvalue weighted by Gasteiger charge is 2.38. The van der Waals surface area contributed by atoms with Gasteiger partial charge in [-0.15, -0.1) is 0 Å². The van der Waals surface area contributed by atoms with Crippen LogP contribution < -0.4 is 10.5 Å². The Balaban J connectivity index is 1.63. The molecule has 0 fully saturated rings. The van der Waals surface area contributed by atoms with Crippen LogP contribution in [0.2, 0.25) is 0 Å². The molecule has 0 bridgehead atoms. The molecule has 0 unspecified atom stereocenters. The predicted molar refractivity (Wildman–Crippen MR) is 115 cm³/mol. The number of nitrogens with zero attached hydrogens (tertiary/aromatic N) is 3. The first-order chi connectivity index (χ1) is 15.0. The summed E-state index contributed by atoms with van der Waals surface area (Å²) in [7, 11) is 1.81. The quantitative estimate of drug-likeness (QED) is 0.821. The van der Waals surface area contributed by atoms with Gasteiger partial charge < -0.3 is 15.4 Å². The van der Waals surface area contributed by atoms with E-state index in [1.807, 2.05) is 49.5 Å². The Morgan fingerprint density at radius 3 is 2.55 bits per heavy atom. The Hall–Kier alpha value is -4.03. The van der Waals surface area contributed by atoms with Crippen molar-refractivity contribution >= 4 is 5.78 Å². The van der Waals surface area contributed by atoms with Crippen LogP contribution in [-0.2, 0) is 11.4 Å². The smallest absolute Gasteiger partial charge is 0.161 e. The topological polar surface area (TPSA) is 103 Å². The van der Waals surface area contributed by atoms with Crippen molar-refractivity contribution in [2.45, 2.75) is 31.8 Å². The Labute approximate surface area is 181 Å². The van der Waals surface area contributed by atoms with Gasteiger partial charge in [-0.3, -0.25) is 4.79 Å². The molecule has 6 nitrogen and oxygen atoms in total. The third-order valence-electron chi connectivity index (χ3n) is 5.91. The molecule has 154 valence electrons. The van der Waals surface area contributed by atoms with Gasteiger partial charge in [0.2, 0.25) is 0 Å². The number of nitriles is 2. The van der Waals surface area contributed by atoms with Crippen LogP contribution in [-0.4, -0.2) is 17.7 Å². The molecule has 1 aliphatic carbocycles. The van der Waals surface area contributed by atoms with E-state index in [1.54, 1.807) is 11.0 Å². The molecule has 2 aromatic carbocycles. The SMILES string of the molecule is CN1C(N)=C(C#N)[C@H](c2ccc(OCc3ccccc3C#N)cc2)C2=C1CCCC2=O. The normalized spacial score (nSPS) is 18.4. The Morgan fingerprint density at radius 1 is 1.10 bits per heavy atom. The van der Waals surface area contributed by atoms with Gasteiger partial charge >= 0.3 is 0 Å². The van der Waals surface area contributed by atoms with E-state index >= 15 is 0 Å². The highest BCUT2D eigenvalue weighted by Crippen LogP contribution is 2.44. The fraction of sp³-hybridized carbons (Fsp3) is 0.240. The van der Waals surface area contributed by atoms with Crippen LogP contribution in [0.15, 0.2) is 71.2 Å². The summed E-state index contributed by atoms with van der Waals surface area (Å²) in [6.07, 6.45) is 2.05. The average Bonchev–Trinajstić information content (AvgIpc) is 2.80. The maximum atomic E-state index is 12.8. The van der Waals surface area contributed by atoms with Gasteiger partial charge in [0.15, 0.2) is 5.78 Å². The third-order valence-corrected chi connectivity index (χ3v) is 5.91. The van der Waals surface area contributed by atoms with E-state index in [9.17, 15) is 15.3 Å². The van der Waals surface area contributed by atoms with Crippen LogP contribution in [0, 0.1) is 22.7 Å². The minimum atomic E-state index is -0.461. The maximum absolute atomic E-state index is 12.8. The van der Waals surface area contributed by atoms with Crippen LogP contribution in [0.1, 0.15) is 41.9 Å². The molecule has 1 heterocycles. The van der Waals surface area contributed by atoms with E-state index in [4.69, 9.17) is 10.5 Å². The van der Waals surface area contributed by atoms with Gasteiger partial charge in [0.1, 0.15) is 18.2 Å². The molecule has 1 aliphatic heterocycles. The van der Waals surface area contributed by atoms with E-state index in [0.717, 1.165) is 29.7 Å². The molecule has 2 aromatic rings. The number of benzene rings is 2. The zero-order chi connectivity index (χ0) is 22.0. The first-order valence-corrected chi connectivity index (χ1v) is 10.2. The van der Waals surface area contributed by atoms with Gasteiger partial charge in [-0.1, -0.05) is 30.3 Å². The van der Waals surface area contributed by atoms with E-state index in [0.29, 0.717) is 34.7 Å². The summed E-state index contributed by atoms with van der Waals surface area (Å²) >= 11 is 0. The summed E-state index contributed by atoms with van der Waals surface area (Å²) in [5.74, 6) is 0.655. The molecule has 0 radical (unpaired) electrons. The standard InChI is InChI=1S/C25H22N4O2/c1-29-21-7-4-8-22(30)24(21)23(20(14-27)25(29)28)16-9-11-19(12-10-16)31-15-18-6-3-2-5-17(18)13-26/h2-3,5-6,9-12,23H,4,7-8,15,28H2,1H3/t23-/m0/s1. The zero-order valence-corrected chi connectivity index (χ0v) is 17.3. The Kier molecular flexibility index (Phi) is 5.47. The summed E-state index contributed by atoms with van der Waals surface area (Å²) in [6.45, 7) is 0.279. The second-order valence-corrected chi connectivity index (χ2v) is 7.67. The number of carbonyl (C=O) groups is 1. The second-order valence-electron chi connectivity index (χ2n) is 7.67. The van der Waals surface area contributed by atoms with Gasteiger partial charge in [-0.05, 0) is 36.6 Å². The van der Waals surface area contributed by atoms with Crippen LogP contribution in [0.5, 0.6) is 5.75 Å². The van der Waals surface area contributed by atoms with Crippen molar-refractivity contribution < 1.29 is 9.53 Å². The van der Waals surface area contributed by atoms with Crippen LogP contribution >= 0.6 is 0 Å². The number of Topliss-reactive ketones (excluding diaryl/α,β-unsaturated/α-hetero) is 1. The van der Waals surface area contributed by atoms with Gasteiger partial charge in [-0.2, -0.15) is 10.5 Å². The summed E-state index contributed by atoms with van der Waals surface area (Å²) in [5.41, 5.74) is 10.5. The van der Waals surface area contributed by atoms with E-state index < -0.39 is 5.92 Å². The van der Waals surface area contributed by atoms with Crippen molar-refractivity contribution in [1.82, 2.24) is 4.90 Å². The van der Waals surface area contributed by atoms with Crippen molar-refractivity contribution in [3.8, 4) is 17.9 Å². The lowest BCUT2D eigenvalue weighted by molar-refractivity contribution is -0.116. The molecule has 2 N–H and O–H groups in total. The molecule has 0 spiro atoms. The Bertz CT molecular complexity index is 1180.